The summed E-state index contributed by atoms with van der Waals surface area (Å²) < 4.78 is 10.9. The third kappa shape index (κ3) is 4.12. The van der Waals surface area contributed by atoms with Gasteiger partial charge < -0.3 is 14.5 Å². The molecule has 0 aliphatic rings. The van der Waals surface area contributed by atoms with Crippen LogP contribution in [0.15, 0.2) is 34.8 Å². The fourth-order valence-corrected chi connectivity index (χ4v) is 2.00. The van der Waals surface area contributed by atoms with E-state index in [0.717, 1.165) is 11.8 Å². The third-order valence-corrected chi connectivity index (χ3v) is 3.17. The standard InChI is InChI=1S/C17H21NO3/c1-12(2)9-10-18-16(19)8-7-14-11-13-5-4-6-15(20-3)17(13)21-14/h4-8,11-12H,9-10H2,1-3H3,(H,18,19)/b8-7+. The van der Waals surface area contributed by atoms with Gasteiger partial charge in [-0.3, -0.25) is 4.79 Å². The van der Waals surface area contributed by atoms with Gasteiger partial charge in [0.1, 0.15) is 5.76 Å². The summed E-state index contributed by atoms with van der Waals surface area (Å²) in [4.78, 5) is 11.7. The normalized spacial score (nSPS) is 11.4. The Balaban J connectivity index is 2.02. The number of benzene rings is 1. The second-order valence-electron chi connectivity index (χ2n) is 5.33. The Hall–Kier alpha value is -2.23. The average molecular weight is 287 g/mol. The number of fused-ring (bicyclic) bond motifs is 1. The van der Waals surface area contributed by atoms with E-state index in [-0.39, 0.29) is 5.91 Å². The van der Waals surface area contributed by atoms with Gasteiger partial charge in [0.05, 0.1) is 7.11 Å². The predicted octanol–water partition coefficient (Wildman–Crippen LogP) is 3.62. The number of para-hydroxylation sites is 1. The van der Waals surface area contributed by atoms with E-state index in [1.165, 1.54) is 6.08 Å². The minimum atomic E-state index is -0.108. The van der Waals surface area contributed by atoms with Gasteiger partial charge in [-0.25, -0.2) is 0 Å². The van der Waals surface area contributed by atoms with E-state index in [2.05, 4.69) is 19.2 Å². The van der Waals surface area contributed by atoms with Crippen molar-refractivity contribution < 1.29 is 13.9 Å². The Kier molecular flexibility index (Phi) is 5.04. The fraction of sp³-hybridized carbons (Fsp3) is 0.353. The van der Waals surface area contributed by atoms with E-state index in [0.29, 0.717) is 29.6 Å². The molecule has 2 rings (SSSR count). The van der Waals surface area contributed by atoms with E-state index < -0.39 is 0 Å². The molecule has 0 aliphatic heterocycles. The molecule has 21 heavy (non-hydrogen) atoms. The molecule has 4 heteroatoms. The average Bonchev–Trinajstić information content (AvgIpc) is 2.87. The van der Waals surface area contributed by atoms with Gasteiger partial charge in [0.15, 0.2) is 11.3 Å². The zero-order chi connectivity index (χ0) is 15.2. The molecule has 1 aromatic carbocycles. The Morgan fingerprint density at radius 2 is 2.24 bits per heavy atom. The Morgan fingerprint density at radius 1 is 1.43 bits per heavy atom. The topological polar surface area (TPSA) is 51.5 Å². The van der Waals surface area contributed by atoms with Gasteiger partial charge in [0.25, 0.3) is 0 Å². The monoisotopic (exact) mass is 287 g/mol. The largest absolute Gasteiger partial charge is 0.493 e. The van der Waals surface area contributed by atoms with Crippen LogP contribution in [-0.4, -0.2) is 19.6 Å². The maximum absolute atomic E-state index is 11.7. The summed E-state index contributed by atoms with van der Waals surface area (Å²) in [7, 11) is 1.61. The molecule has 2 aromatic rings. The van der Waals surface area contributed by atoms with E-state index in [4.69, 9.17) is 9.15 Å². The lowest BCUT2D eigenvalue weighted by molar-refractivity contribution is -0.116. The number of nitrogens with one attached hydrogen (secondary N) is 1. The van der Waals surface area contributed by atoms with E-state index in [9.17, 15) is 4.79 Å². The molecule has 0 atom stereocenters. The van der Waals surface area contributed by atoms with Crippen molar-refractivity contribution in [3.63, 3.8) is 0 Å². The first-order valence-electron chi connectivity index (χ1n) is 7.12. The van der Waals surface area contributed by atoms with Crippen molar-refractivity contribution in [3.05, 3.63) is 36.1 Å². The first-order chi connectivity index (χ1) is 10.1. The molecule has 0 unspecified atom stereocenters. The van der Waals surface area contributed by atoms with Crippen LogP contribution in [0.1, 0.15) is 26.0 Å². The van der Waals surface area contributed by atoms with E-state index >= 15 is 0 Å². The quantitative estimate of drug-likeness (QED) is 0.826. The fourth-order valence-electron chi connectivity index (χ4n) is 2.00. The van der Waals surface area contributed by atoms with Crippen LogP contribution in [0, 0.1) is 5.92 Å². The lowest BCUT2D eigenvalue weighted by atomic mass is 10.1. The minimum Gasteiger partial charge on any atom is -0.493 e. The van der Waals surface area contributed by atoms with Crippen LogP contribution in [0.4, 0.5) is 0 Å². The van der Waals surface area contributed by atoms with Gasteiger partial charge in [-0.1, -0.05) is 26.0 Å². The summed E-state index contributed by atoms with van der Waals surface area (Å²) in [6.45, 7) is 4.95. The summed E-state index contributed by atoms with van der Waals surface area (Å²) in [5.41, 5.74) is 0.694. The van der Waals surface area contributed by atoms with Crippen molar-refractivity contribution >= 4 is 23.0 Å². The van der Waals surface area contributed by atoms with Crippen molar-refractivity contribution in [1.82, 2.24) is 5.32 Å². The zero-order valence-corrected chi connectivity index (χ0v) is 12.7. The van der Waals surface area contributed by atoms with Crippen LogP contribution in [0.3, 0.4) is 0 Å². The highest BCUT2D eigenvalue weighted by molar-refractivity contribution is 5.92. The number of carbonyl (C=O) groups is 1. The van der Waals surface area contributed by atoms with Crippen LogP contribution in [0.5, 0.6) is 5.75 Å². The van der Waals surface area contributed by atoms with Gasteiger partial charge in [-0.15, -0.1) is 0 Å². The van der Waals surface area contributed by atoms with Gasteiger partial charge in [-0.2, -0.15) is 0 Å². The summed E-state index contributed by atoms with van der Waals surface area (Å²) in [6.07, 6.45) is 4.14. The zero-order valence-electron chi connectivity index (χ0n) is 12.7. The minimum absolute atomic E-state index is 0.108. The molecule has 1 N–H and O–H groups in total. The summed E-state index contributed by atoms with van der Waals surface area (Å²) in [5, 5.41) is 3.80. The number of amides is 1. The van der Waals surface area contributed by atoms with Crippen molar-refractivity contribution in [2.24, 2.45) is 5.92 Å². The molecule has 1 heterocycles. The molecule has 0 fully saturated rings. The Labute approximate surface area is 124 Å². The molecule has 0 spiro atoms. The second kappa shape index (κ2) is 6.97. The van der Waals surface area contributed by atoms with Crippen LogP contribution in [0.25, 0.3) is 17.0 Å². The Morgan fingerprint density at radius 3 is 2.95 bits per heavy atom. The number of carbonyl (C=O) groups excluding carboxylic acids is 1. The highest BCUT2D eigenvalue weighted by atomic mass is 16.5. The van der Waals surface area contributed by atoms with Crippen LogP contribution in [0.2, 0.25) is 0 Å². The molecule has 0 radical (unpaired) electrons. The second-order valence-corrected chi connectivity index (χ2v) is 5.33. The lowest BCUT2D eigenvalue weighted by Gasteiger charge is -2.04. The van der Waals surface area contributed by atoms with Gasteiger partial charge in [0.2, 0.25) is 5.91 Å². The molecule has 4 nitrogen and oxygen atoms in total. The molecule has 112 valence electrons. The maximum atomic E-state index is 11.7. The number of hydrogen-bond donors (Lipinski definition) is 1. The number of ether oxygens (including phenoxy) is 1. The smallest absolute Gasteiger partial charge is 0.244 e. The molecular weight excluding hydrogens is 266 g/mol. The van der Waals surface area contributed by atoms with Crippen LogP contribution in [-0.2, 0) is 4.79 Å². The molecule has 1 aromatic heterocycles. The number of hydrogen-bond acceptors (Lipinski definition) is 3. The first kappa shape index (κ1) is 15.2. The Bertz CT molecular complexity index is 641. The van der Waals surface area contributed by atoms with Crippen LogP contribution >= 0.6 is 0 Å². The predicted molar refractivity (Wildman–Crippen MR) is 84.3 cm³/mol. The van der Waals surface area contributed by atoms with Gasteiger partial charge in [-0.05, 0) is 30.5 Å². The molecule has 0 bridgehead atoms. The first-order valence-corrected chi connectivity index (χ1v) is 7.12. The van der Waals surface area contributed by atoms with E-state index in [1.807, 2.05) is 24.3 Å². The molecule has 1 amide bonds. The van der Waals surface area contributed by atoms with Gasteiger partial charge in [0, 0.05) is 18.0 Å². The van der Waals surface area contributed by atoms with Crippen molar-refractivity contribution in [2.45, 2.75) is 20.3 Å². The number of methoxy groups -OCH3 is 1. The SMILES string of the molecule is COc1cccc2cc(/C=C/C(=O)NCCC(C)C)oc12. The summed E-state index contributed by atoms with van der Waals surface area (Å²) in [5.74, 6) is 1.79. The lowest BCUT2D eigenvalue weighted by Crippen LogP contribution is -2.22. The summed E-state index contributed by atoms with van der Waals surface area (Å²) in [6, 6.07) is 7.58. The highest BCUT2D eigenvalue weighted by Crippen LogP contribution is 2.28. The molecule has 0 aliphatic carbocycles. The van der Waals surface area contributed by atoms with Crippen molar-refractivity contribution in [2.75, 3.05) is 13.7 Å². The molecule has 0 saturated carbocycles. The summed E-state index contributed by atoms with van der Waals surface area (Å²) >= 11 is 0. The third-order valence-electron chi connectivity index (χ3n) is 3.17. The number of furan rings is 1. The van der Waals surface area contributed by atoms with Crippen molar-refractivity contribution in [3.8, 4) is 5.75 Å². The number of rotatable bonds is 6. The molecule has 0 saturated heterocycles. The molecular formula is C17H21NO3. The highest BCUT2D eigenvalue weighted by Gasteiger charge is 2.07. The van der Waals surface area contributed by atoms with Crippen molar-refractivity contribution in [1.29, 1.82) is 0 Å². The van der Waals surface area contributed by atoms with Crippen LogP contribution < -0.4 is 10.1 Å². The maximum Gasteiger partial charge on any atom is 0.244 e. The van der Waals surface area contributed by atoms with E-state index in [1.54, 1.807) is 13.2 Å². The van der Waals surface area contributed by atoms with Gasteiger partial charge >= 0.3 is 0 Å².